The van der Waals surface area contributed by atoms with E-state index in [1.807, 2.05) is 24.3 Å². The number of aromatic nitrogens is 1. The van der Waals surface area contributed by atoms with Crippen LogP contribution in [0.1, 0.15) is 5.56 Å². The fourth-order valence-electron chi connectivity index (χ4n) is 2.66. The van der Waals surface area contributed by atoms with Gasteiger partial charge in [-0.1, -0.05) is 23.8 Å². The van der Waals surface area contributed by atoms with E-state index in [0.717, 1.165) is 22.0 Å². The van der Waals surface area contributed by atoms with Gasteiger partial charge in [-0.2, -0.15) is 0 Å². The van der Waals surface area contributed by atoms with Crippen molar-refractivity contribution in [3.05, 3.63) is 48.0 Å². The van der Waals surface area contributed by atoms with E-state index in [9.17, 15) is 0 Å². The lowest BCUT2D eigenvalue weighted by atomic mass is 10.0. The van der Waals surface area contributed by atoms with Gasteiger partial charge in [0.1, 0.15) is 0 Å². The molecule has 3 rings (SSSR count). The monoisotopic (exact) mass is 309 g/mol. The summed E-state index contributed by atoms with van der Waals surface area (Å²) in [6.07, 6.45) is 0. The molecule has 118 valence electrons. The normalized spacial score (nSPS) is 10.6. The highest BCUT2D eigenvalue weighted by Crippen LogP contribution is 2.35. The SMILES string of the molecule is COc1cc2cc(C)ccc2c(-c2ccc(OC)c(OC)c2)n1. The third kappa shape index (κ3) is 2.80. The van der Waals surface area contributed by atoms with Crippen LogP contribution in [0.5, 0.6) is 17.4 Å². The molecule has 23 heavy (non-hydrogen) atoms. The lowest BCUT2D eigenvalue weighted by Gasteiger charge is -2.12. The quantitative estimate of drug-likeness (QED) is 0.723. The first-order valence-corrected chi connectivity index (χ1v) is 7.34. The van der Waals surface area contributed by atoms with E-state index in [4.69, 9.17) is 14.2 Å². The molecule has 0 atom stereocenters. The van der Waals surface area contributed by atoms with Gasteiger partial charge >= 0.3 is 0 Å². The van der Waals surface area contributed by atoms with Gasteiger partial charge < -0.3 is 14.2 Å². The highest BCUT2D eigenvalue weighted by molar-refractivity contribution is 5.96. The Labute approximate surface area is 135 Å². The van der Waals surface area contributed by atoms with Gasteiger partial charge in [0.25, 0.3) is 0 Å². The van der Waals surface area contributed by atoms with Gasteiger partial charge in [-0.3, -0.25) is 0 Å². The second-order valence-corrected chi connectivity index (χ2v) is 5.31. The molecule has 0 saturated carbocycles. The highest BCUT2D eigenvalue weighted by Gasteiger charge is 2.12. The van der Waals surface area contributed by atoms with Crippen molar-refractivity contribution in [2.45, 2.75) is 6.92 Å². The van der Waals surface area contributed by atoms with Gasteiger partial charge in [-0.25, -0.2) is 4.98 Å². The second kappa shape index (κ2) is 6.16. The Morgan fingerprint density at radius 2 is 1.57 bits per heavy atom. The molecule has 3 aromatic rings. The Hall–Kier alpha value is -2.75. The van der Waals surface area contributed by atoms with Crippen LogP contribution < -0.4 is 14.2 Å². The molecule has 0 aliphatic carbocycles. The van der Waals surface area contributed by atoms with Crippen molar-refractivity contribution in [1.29, 1.82) is 0 Å². The molecule has 0 aliphatic heterocycles. The molecule has 0 saturated heterocycles. The molecular weight excluding hydrogens is 290 g/mol. The molecule has 0 amide bonds. The van der Waals surface area contributed by atoms with Crippen molar-refractivity contribution >= 4 is 10.8 Å². The zero-order valence-electron chi connectivity index (χ0n) is 13.7. The molecular formula is C19H19NO3. The summed E-state index contributed by atoms with van der Waals surface area (Å²) >= 11 is 0. The standard InChI is InChI=1S/C19H19NO3/c1-12-5-7-15-14(9-12)11-18(23-4)20-19(15)13-6-8-16(21-2)17(10-13)22-3/h5-11H,1-4H3. The average Bonchev–Trinajstić information content (AvgIpc) is 2.59. The summed E-state index contributed by atoms with van der Waals surface area (Å²) in [5.74, 6) is 1.96. The maximum absolute atomic E-state index is 5.40. The fraction of sp³-hybridized carbons (Fsp3) is 0.211. The molecule has 0 unspecified atom stereocenters. The van der Waals surface area contributed by atoms with E-state index >= 15 is 0 Å². The van der Waals surface area contributed by atoms with Crippen molar-refractivity contribution in [3.8, 4) is 28.6 Å². The van der Waals surface area contributed by atoms with E-state index in [-0.39, 0.29) is 0 Å². The van der Waals surface area contributed by atoms with Gasteiger partial charge in [0, 0.05) is 17.0 Å². The molecule has 0 aliphatic rings. The Balaban J connectivity index is 2.26. The summed E-state index contributed by atoms with van der Waals surface area (Å²) in [5, 5.41) is 2.17. The van der Waals surface area contributed by atoms with Crippen molar-refractivity contribution < 1.29 is 14.2 Å². The predicted octanol–water partition coefficient (Wildman–Crippen LogP) is 4.24. The maximum atomic E-state index is 5.40. The smallest absolute Gasteiger partial charge is 0.214 e. The minimum Gasteiger partial charge on any atom is -0.493 e. The third-order valence-electron chi connectivity index (χ3n) is 3.83. The first-order valence-electron chi connectivity index (χ1n) is 7.34. The molecule has 0 N–H and O–H groups in total. The first kappa shape index (κ1) is 15.2. The molecule has 0 spiro atoms. The van der Waals surface area contributed by atoms with Gasteiger partial charge in [-0.05, 0) is 30.5 Å². The molecule has 4 nitrogen and oxygen atoms in total. The second-order valence-electron chi connectivity index (χ2n) is 5.31. The summed E-state index contributed by atoms with van der Waals surface area (Å²) in [7, 11) is 4.88. The van der Waals surface area contributed by atoms with Crippen LogP contribution in [0.3, 0.4) is 0 Å². The number of nitrogens with zero attached hydrogens (tertiary/aromatic N) is 1. The van der Waals surface area contributed by atoms with Crippen molar-refractivity contribution in [1.82, 2.24) is 4.98 Å². The number of ether oxygens (including phenoxy) is 3. The first-order chi connectivity index (χ1) is 11.2. The summed E-state index contributed by atoms with van der Waals surface area (Å²) in [6, 6.07) is 14.0. The largest absolute Gasteiger partial charge is 0.493 e. The van der Waals surface area contributed by atoms with Gasteiger partial charge in [0.2, 0.25) is 5.88 Å². The number of rotatable bonds is 4. The zero-order valence-corrected chi connectivity index (χ0v) is 13.7. The number of fused-ring (bicyclic) bond motifs is 1. The Kier molecular flexibility index (Phi) is 4.06. The Morgan fingerprint density at radius 3 is 2.26 bits per heavy atom. The summed E-state index contributed by atoms with van der Waals surface area (Å²) < 4.78 is 16.1. The number of hydrogen-bond acceptors (Lipinski definition) is 4. The molecule has 0 radical (unpaired) electrons. The van der Waals surface area contributed by atoms with Crippen LogP contribution in [0.4, 0.5) is 0 Å². The molecule has 0 bridgehead atoms. The van der Waals surface area contributed by atoms with Crippen molar-refractivity contribution in [2.24, 2.45) is 0 Å². The van der Waals surface area contributed by atoms with E-state index in [2.05, 4.69) is 30.1 Å². The number of pyridine rings is 1. The number of methoxy groups -OCH3 is 3. The Morgan fingerprint density at radius 1 is 0.783 bits per heavy atom. The molecule has 1 aromatic heterocycles. The van der Waals surface area contributed by atoms with Crippen molar-refractivity contribution in [2.75, 3.05) is 21.3 Å². The number of aryl methyl sites for hydroxylation is 1. The summed E-state index contributed by atoms with van der Waals surface area (Å²) in [4.78, 5) is 4.63. The third-order valence-corrected chi connectivity index (χ3v) is 3.83. The summed E-state index contributed by atoms with van der Waals surface area (Å²) in [6.45, 7) is 2.07. The van der Waals surface area contributed by atoms with Crippen LogP contribution in [0.25, 0.3) is 22.0 Å². The van der Waals surface area contributed by atoms with Gasteiger partial charge in [-0.15, -0.1) is 0 Å². The highest BCUT2D eigenvalue weighted by atomic mass is 16.5. The summed E-state index contributed by atoms with van der Waals surface area (Å²) in [5.41, 5.74) is 3.01. The van der Waals surface area contributed by atoms with Crippen LogP contribution in [0.2, 0.25) is 0 Å². The van der Waals surface area contributed by atoms with Crippen molar-refractivity contribution in [3.63, 3.8) is 0 Å². The number of benzene rings is 2. The average molecular weight is 309 g/mol. The van der Waals surface area contributed by atoms with Crippen LogP contribution >= 0.6 is 0 Å². The maximum Gasteiger partial charge on any atom is 0.214 e. The fourth-order valence-corrected chi connectivity index (χ4v) is 2.66. The zero-order chi connectivity index (χ0) is 16.4. The molecule has 0 fully saturated rings. The van der Waals surface area contributed by atoms with Gasteiger partial charge in [0.05, 0.1) is 27.0 Å². The minimum atomic E-state index is 0.591. The van der Waals surface area contributed by atoms with Crippen LogP contribution in [-0.2, 0) is 0 Å². The molecule has 4 heteroatoms. The van der Waals surface area contributed by atoms with Crippen LogP contribution in [0.15, 0.2) is 42.5 Å². The lowest BCUT2D eigenvalue weighted by Crippen LogP contribution is -1.95. The minimum absolute atomic E-state index is 0.591. The number of hydrogen-bond donors (Lipinski definition) is 0. The van der Waals surface area contributed by atoms with Crippen LogP contribution in [0, 0.1) is 6.92 Å². The molecule has 1 heterocycles. The van der Waals surface area contributed by atoms with E-state index in [0.29, 0.717) is 17.4 Å². The van der Waals surface area contributed by atoms with Crippen LogP contribution in [-0.4, -0.2) is 26.3 Å². The van der Waals surface area contributed by atoms with E-state index < -0.39 is 0 Å². The topological polar surface area (TPSA) is 40.6 Å². The van der Waals surface area contributed by atoms with E-state index in [1.54, 1.807) is 21.3 Å². The lowest BCUT2D eigenvalue weighted by molar-refractivity contribution is 0.355. The van der Waals surface area contributed by atoms with Gasteiger partial charge in [0.15, 0.2) is 11.5 Å². The Bertz CT molecular complexity index is 859. The van der Waals surface area contributed by atoms with E-state index in [1.165, 1.54) is 5.56 Å². The molecule has 2 aromatic carbocycles. The predicted molar refractivity (Wildman–Crippen MR) is 91.6 cm³/mol.